The van der Waals surface area contributed by atoms with E-state index in [2.05, 4.69) is 38.3 Å². The van der Waals surface area contributed by atoms with Gasteiger partial charge >= 0.3 is 12.0 Å². The van der Waals surface area contributed by atoms with Gasteiger partial charge in [-0.3, -0.25) is 0 Å². The van der Waals surface area contributed by atoms with Crippen LogP contribution < -0.4 is 10.6 Å². The number of urea groups is 1. The third-order valence-corrected chi connectivity index (χ3v) is 3.22. The first kappa shape index (κ1) is 16.7. The smallest absolute Gasteiger partial charge is 0.326 e. The van der Waals surface area contributed by atoms with Crippen LogP contribution in [0, 0.1) is 17.8 Å². The molecule has 1 atom stereocenters. The first-order valence-electron chi connectivity index (χ1n) is 6.56. The monoisotopic (exact) mass is 258 g/mol. The van der Waals surface area contributed by atoms with E-state index in [1.165, 1.54) is 0 Å². The molecule has 0 heterocycles. The molecule has 0 saturated carbocycles. The lowest BCUT2D eigenvalue weighted by Crippen LogP contribution is -2.47. The number of carboxylic acid groups (broad SMARTS) is 1. The summed E-state index contributed by atoms with van der Waals surface area (Å²) in [6, 6.07) is -1.22. The molecule has 5 nitrogen and oxygen atoms in total. The molecule has 18 heavy (non-hydrogen) atoms. The van der Waals surface area contributed by atoms with Crippen LogP contribution in [0.4, 0.5) is 4.79 Å². The maximum absolute atomic E-state index is 11.6. The third kappa shape index (κ3) is 5.89. The summed E-state index contributed by atoms with van der Waals surface area (Å²) in [5.41, 5.74) is 0. The van der Waals surface area contributed by atoms with Crippen molar-refractivity contribution in [3.8, 4) is 0 Å². The van der Waals surface area contributed by atoms with Gasteiger partial charge in [-0.15, -0.1) is 0 Å². The van der Waals surface area contributed by atoms with Crippen molar-refractivity contribution >= 4 is 12.0 Å². The van der Waals surface area contributed by atoms with E-state index in [4.69, 9.17) is 5.11 Å². The van der Waals surface area contributed by atoms with Crippen molar-refractivity contribution in [1.29, 1.82) is 0 Å². The van der Waals surface area contributed by atoms with Crippen molar-refractivity contribution in [2.75, 3.05) is 6.54 Å². The molecule has 0 aliphatic rings. The van der Waals surface area contributed by atoms with Crippen LogP contribution in [0.2, 0.25) is 0 Å². The molecule has 0 bridgehead atoms. The molecule has 0 aliphatic carbocycles. The summed E-state index contributed by atoms with van der Waals surface area (Å²) in [5.74, 6) is 0.344. The Bertz CT molecular complexity index is 269. The minimum Gasteiger partial charge on any atom is -0.480 e. The van der Waals surface area contributed by atoms with Crippen LogP contribution in [0.25, 0.3) is 0 Å². The van der Waals surface area contributed by atoms with E-state index in [0.717, 1.165) is 0 Å². The van der Waals surface area contributed by atoms with Gasteiger partial charge in [0.15, 0.2) is 0 Å². The van der Waals surface area contributed by atoms with E-state index in [0.29, 0.717) is 30.7 Å². The number of carbonyl (C=O) groups is 2. The van der Waals surface area contributed by atoms with E-state index in [1.807, 2.05) is 0 Å². The standard InChI is InChI=1S/C13H26N2O3/c1-6-11(12(16)17)15-13(18)14-7-10(8(2)3)9(4)5/h8-11H,6-7H2,1-5H3,(H,16,17)(H2,14,15,18)/t11-/m1/s1. The molecule has 0 aromatic heterocycles. The van der Waals surface area contributed by atoms with Crippen molar-refractivity contribution in [3.63, 3.8) is 0 Å². The minimum atomic E-state index is -1.00. The predicted octanol–water partition coefficient (Wildman–Crippen LogP) is 2.08. The average molecular weight is 258 g/mol. The second-order valence-electron chi connectivity index (χ2n) is 5.31. The molecule has 0 fully saturated rings. The number of rotatable bonds is 7. The first-order chi connectivity index (χ1) is 8.29. The molecule has 0 unspecified atom stereocenters. The van der Waals surface area contributed by atoms with E-state index in [-0.39, 0.29) is 0 Å². The third-order valence-electron chi connectivity index (χ3n) is 3.22. The Balaban J connectivity index is 4.20. The molecule has 5 heteroatoms. The molecule has 0 saturated heterocycles. The Morgan fingerprint density at radius 1 is 1.11 bits per heavy atom. The summed E-state index contributed by atoms with van der Waals surface area (Å²) in [5, 5.41) is 14.0. The molecule has 0 radical (unpaired) electrons. The molecule has 106 valence electrons. The number of hydrogen-bond acceptors (Lipinski definition) is 2. The Kier molecular flexibility index (Phi) is 7.39. The number of amides is 2. The Morgan fingerprint density at radius 2 is 1.61 bits per heavy atom. The fourth-order valence-electron chi connectivity index (χ4n) is 2.00. The van der Waals surface area contributed by atoms with Gasteiger partial charge in [0.2, 0.25) is 0 Å². The van der Waals surface area contributed by atoms with Crippen LogP contribution in [-0.4, -0.2) is 29.7 Å². The average Bonchev–Trinajstić information content (AvgIpc) is 2.24. The minimum absolute atomic E-state index is 0.376. The Morgan fingerprint density at radius 3 is 1.94 bits per heavy atom. The van der Waals surface area contributed by atoms with Crippen LogP contribution in [-0.2, 0) is 4.79 Å². The van der Waals surface area contributed by atoms with E-state index in [1.54, 1.807) is 6.92 Å². The molecule has 0 rings (SSSR count). The fourth-order valence-corrected chi connectivity index (χ4v) is 2.00. The summed E-state index contributed by atoms with van der Waals surface area (Å²) < 4.78 is 0. The van der Waals surface area contributed by atoms with Crippen LogP contribution in [0.15, 0.2) is 0 Å². The summed E-state index contributed by atoms with van der Waals surface area (Å²) in [6.07, 6.45) is 0.376. The quantitative estimate of drug-likeness (QED) is 0.654. The molecular weight excluding hydrogens is 232 g/mol. The Hall–Kier alpha value is -1.26. The summed E-state index contributed by atoms with van der Waals surface area (Å²) in [7, 11) is 0. The predicted molar refractivity (Wildman–Crippen MR) is 71.4 cm³/mol. The van der Waals surface area contributed by atoms with Gasteiger partial charge in [0.25, 0.3) is 0 Å². The Labute approximate surface area is 109 Å². The van der Waals surface area contributed by atoms with Gasteiger partial charge < -0.3 is 15.7 Å². The number of hydrogen-bond donors (Lipinski definition) is 3. The summed E-state index contributed by atoms with van der Waals surface area (Å²) in [6.45, 7) is 10.8. The van der Waals surface area contributed by atoms with Crippen molar-refractivity contribution in [3.05, 3.63) is 0 Å². The highest BCUT2D eigenvalue weighted by Gasteiger charge is 2.20. The van der Waals surface area contributed by atoms with Gasteiger partial charge in [-0.05, 0) is 24.2 Å². The van der Waals surface area contributed by atoms with Gasteiger partial charge in [-0.1, -0.05) is 34.6 Å². The zero-order valence-electron chi connectivity index (χ0n) is 12.0. The van der Waals surface area contributed by atoms with E-state index < -0.39 is 18.0 Å². The number of carboxylic acids is 1. The van der Waals surface area contributed by atoms with E-state index >= 15 is 0 Å². The highest BCUT2D eigenvalue weighted by atomic mass is 16.4. The number of aliphatic carboxylic acids is 1. The maximum atomic E-state index is 11.6. The van der Waals surface area contributed by atoms with Crippen molar-refractivity contribution in [2.45, 2.75) is 47.1 Å². The number of carbonyl (C=O) groups excluding carboxylic acids is 1. The second-order valence-corrected chi connectivity index (χ2v) is 5.31. The van der Waals surface area contributed by atoms with Crippen LogP contribution in [0.5, 0.6) is 0 Å². The van der Waals surface area contributed by atoms with Crippen molar-refractivity contribution in [2.24, 2.45) is 17.8 Å². The maximum Gasteiger partial charge on any atom is 0.326 e. The topological polar surface area (TPSA) is 78.4 Å². The zero-order chi connectivity index (χ0) is 14.3. The second kappa shape index (κ2) is 7.95. The highest BCUT2D eigenvalue weighted by Crippen LogP contribution is 2.19. The van der Waals surface area contributed by atoms with Crippen LogP contribution in [0.1, 0.15) is 41.0 Å². The summed E-state index contributed by atoms with van der Waals surface area (Å²) in [4.78, 5) is 22.4. The van der Waals surface area contributed by atoms with Gasteiger partial charge in [0.1, 0.15) is 6.04 Å². The molecule has 0 aromatic rings. The lowest BCUT2D eigenvalue weighted by atomic mass is 9.85. The normalized spacial score (nSPS) is 12.9. The SMILES string of the molecule is CC[C@@H](NC(=O)NCC(C(C)C)C(C)C)C(=O)O. The molecule has 0 aliphatic heterocycles. The molecule has 0 aromatic carbocycles. The van der Waals surface area contributed by atoms with E-state index in [9.17, 15) is 9.59 Å². The molecule has 2 amide bonds. The van der Waals surface area contributed by atoms with Gasteiger partial charge in [-0.25, -0.2) is 9.59 Å². The lowest BCUT2D eigenvalue weighted by molar-refractivity contribution is -0.139. The zero-order valence-corrected chi connectivity index (χ0v) is 12.0. The van der Waals surface area contributed by atoms with Crippen LogP contribution in [0.3, 0.4) is 0 Å². The lowest BCUT2D eigenvalue weighted by Gasteiger charge is -2.25. The van der Waals surface area contributed by atoms with Crippen LogP contribution >= 0.6 is 0 Å². The molecule has 3 N–H and O–H groups in total. The van der Waals surface area contributed by atoms with Gasteiger partial charge in [-0.2, -0.15) is 0 Å². The first-order valence-corrected chi connectivity index (χ1v) is 6.56. The highest BCUT2D eigenvalue weighted by molar-refractivity contribution is 5.82. The summed E-state index contributed by atoms with van der Waals surface area (Å²) >= 11 is 0. The molecular formula is C13H26N2O3. The van der Waals surface area contributed by atoms with Gasteiger partial charge in [0, 0.05) is 6.54 Å². The number of nitrogens with one attached hydrogen (secondary N) is 2. The van der Waals surface area contributed by atoms with Gasteiger partial charge in [0.05, 0.1) is 0 Å². The van der Waals surface area contributed by atoms with Crippen molar-refractivity contribution < 1.29 is 14.7 Å². The molecule has 0 spiro atoms. The largest absolute Gasteiger partial charge is 0.480 e. The fraction of sp³-hybridized carbons (Fsp3) is 0.846. The van der Waals surface area contributed by atoms with Crippen molar-refractivity contribution in [1.82, 2.24) is 10.6 Å².